The SMILES string of the molecule is Cc1cc(-n2nc(-c3cccs3)cc2C(F)(F)F)nc2ccccc12. The van der Waals surface area contributed by atoms with E-state index in [0.29, 0.717) is 10.4 Å². The van der Waals surface area contributed by atoms with Crippen molar-refractivity contribution in [3.8, 4) is 16.4 Å². The zero-order valence-corrected chi connectivity index (χ0v) is 13.9. The third-order valence-electron chi connectivity index (χ3n) is 3.90. The van der Waals surface area contributed by atoms with Crippen LogP contribution in [0.15, 0.2) is 53.9 Å². The Bertz CT molecular complexity index is 1050. The number of para-hydroxylation sites is 1. The Balaban J connectivity index is 1.95. The van der Waals surface area contributed by atoms with Crippen LogP contribution in [0.2, 0.25) is 0 Å². The van der Waals surface area contributed by atoms with Crippen LogP contribution in [0.3, 0.4) is 0 Å². The Morgan fingerprint density at radius 1 is 1.04 bits per heavy atom. The van der Waals surface area contributed by atoms with E-state index in [9.17, 15) is 13.2 Å². The Morgan fingerprint density at radius 2 is 1.84 bits per heavy atom. The van der Waals surface area contributed by atoms with Crippen molar-refractivity contribution in [1.29, 1.82) is 0 Å². The minimum Gasteiger partial charge on any atom is -0.229 e. The Labute approximate surface area is 145 Å². The fourth-order valence-electron chi connectivity index (χ4n) is 2.74. The molecule has 0 N–H and O–H groups in total. The zero-order chi connectivity index (χ0) is 17.6. The molecule has 25 heavy (non-hydrogen) atoms. The molecule has 3 heterocycles. The third-order valence-corrected chi connectivity index (χ3v) is 4.79. The Kier molecular flexibility index (Phi) is 3.61. The number of alkyl halides is 3. The first-order valence-corrected chi connectivity index (χ1v) is 8.39. The first kappa shape index (κ1) is 15.8. The minimum atomic E-state index is -4.52. The normalized spacial score (nSPS) is 12.0. The van der Waals surface area contributed by atoms with Crippen molar-refractivity contribution >= 4 is 22.2 Å². The van der Waals surface area contributed by atoms with E-state index in [4.69, 9.17) is 0 Å². The third kappa shape index (κ3) is 2.80. The highest BCUT2D eigenvalue weighted by Crippen LogP contribution is 2.35. The molecule has 4 aromatic rings. The van der Waals surface area contributed by atoms with Gasteiger partial charge in [0.05, 0.1) is 10.4 Å². The van der Waals surface area contributed by atoms with Crippen LogP contribution < -0.4 is 0 Å². The lowest BCUT2D eigenvalue weighted by Gasteiger charge is -2.11. The molecular weight excluding hydrogens is 347 g/mol. The Hall–Kier alpha value is -2.67. The van der Waals surface area contributed by atoms with Crippen molar-refractivity contribution in [1.82, 2.24) is 14.8 Å². The molecular formula is C18H12F3N3S. The summed E-state index contributed by atoms with van der Waals surface area (Å²) in [7, 11) is 0. The van der Waals surface area contributed by atoms with Gasteiger partial charge in [0, 0.05) is 5.39 Å². The van der Waals surface area contributed by atoms with Crippen LogP contribution in [0.25, 0.3) is 27.3 Å². The van der Waals surface area contributed by atoms with Crippen molar-refractivity contribution in [3.63, 3.8) is 0 Å². The minimum absolute atomic E-state index is 0.159. The van der Waals surface area contributed by atoms with E-state index >= 15 is 0 Å². The molecule has 0 spiro atoms. The number of pyridine rings is 1. The largest absolute Gasteiger partial charge is 0.433 e. The summed E-state index contributed by atoms with van der Waals surface area (Å²) in [4.78, 5) is 5.06. The fraction of sp³-hybridized carbons (Fsp3) is 0.111. The molecule has 0 unspecified atom stereocenters. The van der Waals surface area contributed by atoms with E-state index in [1.54, 1.807) is 29.6 Å². The summed E-state index contributed by atoms with van der Waals surface area (Å²) in [6.07, 6.45) is -4.52. The monoisotopic (exact) mass is 359 g/mol. The lowest BCUT2D eigenvalue weighted by atomic mass is 10.1. The molecule has 7 heteroatoms. The summed E-state index contributed by atoms with van der Waals surface area (Å²) < 4.78 is 41.4. The second kappa shape index (κ2) is 5.70. The zero-order valence-electron chi connectivity index (χ0n) is 13.1. The molecule has 0 aliphatic rings. The van der Waals surface area contributed by atoms with Gasteiger partial charge >= 0.3 is 6.18 Å². The van der Waals surface area contributed by atoms with Gasteiger partial charge in [-0.1, -0.05) is 24.3 Å². The lowest BCUT2D eigenvalue weighted by molar-refractivity contribution is -0.142. The highest BCUT2D eigenvalue weighted by atomic mass is 32.1. The van der Waals surface area contributed by atoms with E-state index in [1.165, 1.54) is 11.3 Å². The molecule has 0 fully saturated rings. The van der Waals surface area contributed by atoms with Gasteiger partial charge in [-0.05, 0) is 42.1 Å². The van der Waals surface area contributed by atoms with Crippen molar-refractivity contribution in [2.24, 2.45) is 0 Å². The quantitative estimate of drug-likeness (QED) is 0.475. The van der Waals surface area contributed by atoms with Gasteiger partial charge in [-0.25, -0.2) is 9.67 Å². The Morgan fingerprint density at radius 3 is 2.56 bits per heavy atom. The molecule has 0 aliphatic heterocycles. The molecule has 3 aromatic heterocycles. The fourth-order valence-corrected chi connectivity index (χ4v) is 3.42. The molecule has 1 aromatic carbocycles. The smallest absolute Gasteiger partial charge is 0.229 e. The summed E-state index contributed by atoms with van der Waals surface area (Å²) in [5.74, 6) is 0.159. The van der Waals surface area contributed by atoms with Crippen molar-refractivity contribution in [2.45, 2.75) is 13.1 Å². The molecule has 0 saturated carbocycles. The number of rotatable bonds is 2. The molecule has 0 aliphatic carbocycles. The number of aryl methyl sites for hydroxylation is 1. The summed E-state index contributed by atoms with van der Waals surface area (Å²) >= 11 is 1.35. The molecule has 4 rings (SSSR count). The van der Waals surface area contributed by atoms with Crippen LogP contribution in [0.4, 0.5) is 13.2 Å². The number of nitrogens with zero attached hydrogens (tertiary/aromatic N) is 3. The predicted octanol–water partition coefficient (Wildman–Crippen LogP) is 5.48. The van der Waals surface area contributed by atoms with E-state index in [-0.39, 0.29) is 11.5 Å². The average Bonchev–Trinajstić information content (AvgIpc) is 3.23. The molecule has 0 radical (unpaired) electrons. The van der Waals surface area contributed by atoms with Crippen molar-refractivity contribution in [2.75, 3.05) is 0 Å². The van der Waals surface area contributed by atoms with Crippen LogP contribution in [-0.4, -0.2) is 14.8 Å². The molecule has 0 bridgehead atoms. The van der Waals surface area contributed by atoms with Gasteiger partial charge in [0.1, 0.15) is 5.69 Å². The summed E-state index contributed by atoms with van der Waals surface area (Å²) in [5, 5.41) is 6.90. The highest BCUT2D eigenvalue weighted by molar-refractivity contribution is 7.13. The van der Waals surface area contributed by atoms with Gasteiger partial charge < -0.3 is 0 Å². The highest BCUT2D eigenvalue weighted by Gasteiger charge is 2.37. The predicted molar refractivity (Wildman–Crippen MR) is 91.9 cm³/mol. The molecule has 0 saturated heterocycles. The van der Waals surface area contributed by atoms with E-state index in [1.807, 2.05) is 25.1 Å². The second-order valence-corrected chi connectivity index (χ2v) is 6.56. The van der Waals surface area contributed by atoms with Crippen LogP contribution in [0.1, 0.15) is 11.3 Å². The van der Waals surface area contributed by atoms with Gasteiger partial charge in [0.15, 0.2) is 11.5 Å². The van der Waals surface area contributed by atoms with Gasteiger partial charge in [-0.2, -0.15) is 18.3 Å². The summed E-state index contributed by atoms with van der Waals surface area (Å²) in [6.45, 7) is 1.85. The first-order valence-electron chi connectivity index (χ1n) is 7.51. The van der Waals surface area contributed by atoms with Crippen LogP contribution in [-0.2, 0) is 6.18 Å². The van der Waals surface area contributed by atoms with E-state index in [0.717, 1.165) is 21.7 Å². The average molecular weight is 359 g/mol. The maximum Gasteiger partial charge on any atom is 0.433 e. The lowest BCUT2D eigenvalue weighted by Crippen LogP contribution is -2.14. The van der Waals surface area contributed by atoms with Gasteiger partial charge in [0.2, 0.25) is 0 Å². The van der Waals surface area contributed by atoms with Gasteiger partial charge in [-0.15, -0.1) is 11.3 Å². The second-order valence-electron chi connectivity index (χ2n) is 5.62. The maximum absolute atomic E-state index is 13.5. The number of aromatic nitrogens is 3. The molecule has 0 amide bonds. The molecule has 3 nitrogen and oxygen atoms in total. The maximum atomic E-state index is 13.5. The number of thiophene rings is 1. The number of fused-ring (bicyclic) bond motifs is 1. The topological polar surface area (TPSA) is 30.7 Å². The van der Waals surface area contributed by atoms with E-state index < -0.39 is 11.9 Å². The molecule has 0 atom stereocenters. The van der Waals surface area contributed by atoms with Crippen molar-refractivity contribution < 1.29 is 13.2 Å². The van der Waals surface area contributed by atoms with Crippen molar-refractivity contribution in [3.05, 3.63) is 65.2 Å². The van der Waals surface area contributed by atoms with E-state index in [2.05, 4.69) is 10.1 Å². The van der Waals surface area contributed by atoms with Gasteiger partial charge in [-0.3, -0.25) is 0 Å². The van der Waals surface area contributed by atoms with Crippen LogP contribution in [0.5, 0.6) is 0 Å². The number of hydrogen-bond donors (Lipinski definition) is 0. The van der Waals surface area contributed by atoms with Crippen LogP contribution in [0, 0.1) is 6.92 Å². The number of benzene rings is 1. The number of hydrogen-bond acceptors (Lipinski definition) is 3. The first-order chi connectivity index (χ1) is 11.9. The standard InChI is InChI=1S/C18H12F3N3S/c1-11-9-17(22-13-6-3-2-5-12(11)13)24-16(18(19,20)21)10-14(23-24)15-7-4-8-25-15/h2-10H,1H3. The van der Waals surface area contributed by atoms with Crippen LogP contribution >= 0.6 is 11.3 Å². The summed E-state index contributed by atoms with van der Waals surface area (Å²) in [5.41, 5.74) is 0.939. The summed E-state index contributed by atoms with van der Waals surface area (Å²) in [6, 6.07) is 13.6. The number of halogens is 3. The molecule has 126 valence electrons. The van der Waals surface area contributed by atoms with Gasteiger partial charge in [0.25, 0.3) is 0 Å².